The van der Waals surface area contributed by atoms with Crippen LogP contribution in [0.1, 0.15) is 34.5 Å². The van der Waals surface area contributed by atoms with Gasteiger partial charge >= 0.3 is 0 Å². The fraction of sp³-hybridized carbons (Fsp3) is 0.533. The predicted molar refractivity (Wildman–Crippen MR) is 79.3 cm³/mol. The van der Waals surface area contributed by atoms with Gasteiger partial charge in [0.05, 0.1) is 18.4 Å². The minimum atomic E-state index is -0.438. The molecule has 0 saturated carbocycles. The van der Waals surface area contributed by atoms with Gasteiger partial charge < -0.3 is 20.0 Å². The summed E-state index contributed by atoms with van der Waals surface area (Å²) < 4.78 is 5.18. The number of furan rings is 1. The number of hydrogen-bond donors (Lipinski definition) is 2. The average Bonchev–Trinajstić information content (AvgIpc) is 3.11. The maximum atomic E-state index is 12.2. The molecule has 0 aromatic carbocycles. The Morgan fingerprint density at radius 2 is 2.09 bits per heavy atom. The summed E-state index contributed by atoms with van der Waals surface area (Å²) in [7, 11) is 1.55. The molecule has 1 unspecified atom stereocenters. The van der Waals surface area contributed by atoms with Crippen molar-refractivity contribution in [3.8, 4) is 0 Å². The lowest BCUT2D eigenvalue weighted by molar-refractivity contribution is -0.137. The van der Waals surface area contributed by atoms with Gasteiger partial charge in [-0.2, -0.15) is 0 Å². The first-order chi connectivity index (χ1) is 10.5. The number of nitrogens with zero attached hydrogens (tertiary/aromatic N) is 1. The maximum absolute atomic E-state index is 12.2. The molecule has 3 amide bonds. The van der Waals surface area contributed by atoms with Crippen LogP contribution in [-0.2, 0) is 9.59 Å². The molecular formula is C15H21N3O4. The van der Waals surface area contributed by atoms with E-state index < -0.39 is 6.04 Å². The molecule has 1 aromatic heterocycles. The standard InChI is InChI=1S/C15H21N3O4/c1-9-8-22-10(2)13(9)15(21)17-7-12(19)18-6-4-5-11(18)14(20)16-3/h8,11H,4-7H2,1-3H3,(H,16,20)(H,17,21). The van der Waals surface area contributed by atoms with Gasteiger partial charge in [-0.15, -0.1) is 0 Å². The molecule has 2 rings (SSSR count). The van der Waals surface area contributed by atoms with E-state index in [1.54, 1.807) is 20.9 Å². The number of amides is 3. The molecule has 0 aliphatic carbocycles. The third-order valence-electron chi connectivity index (χ3n) is 3.91. The molecule has 1 aromatic rings. The quantitative estimate of drug-likeness (QED) is 0.840. The lowest BCUT2D eigenvalue weighted by atomic mass is 10.1. The third kappa shape index (κ3) is 3.13. The average molecular weight is 307 g/mol. The van der Waals surface area contributed by atoms with Crippen LogP contribution in [0.3, 0.4) is 0 Å². The second kappa shape index (κ2) is 6.64. The fourth-order valence-electron chi connectivity index (χ4n) is 2.76. The molecular weight excluding hydrogens is 286 g/mol. The second-order valence-electron chi connectivity index (χ2n) is 5.39. The number of carbonyl (C=O) groups is 3. The molecule has 2 N–H and O–H groups in total. The van der Waals surface area contributed by atoms with Crippen molar-refractivity contribution >= 4 is 17.7 Å². The lowest BCUT2D eigenvalue weighted by Gasteiger charge is -2.23. The molecule has 120 valence electrons. The maximum Gasteiger partial charge on any atom is 0.255 e. The number of likely N-dealkylation sites (tertiary alicyclic amines) is 1. The molecule has 0 spiro atoms. The van der Waals surface area contributed by atoms with Crippen LogP contribution >= 0.6 is 0 Å². The second-order valence-corrected chi connectivity index (χ2v) is 5.39. The predicted octanol–water partition coefficient (Wildman–Crippen LogP) is 0.363. The molecule has 0 bridgehead atoms. The van der Waals surface area contributed by atoms with Gasteiger partial charge in [-0.1, -0.05) is 0 Å². The van der Waals surface area contributed by atoms with Gasteiger partial charge in [0.1, 0.15) is 11.8 Å². The summed E-state index contributed by atoms with van der Waals surface area (Å²) in [5.74, 6) is -0.239. The number of rotatable bonds is 4. The highest BCUT2D eigenvalue weighted by Crippen LogP contribution is 2.18. The zero-order chi connectivity index (χ0) is 16.3. The summed E-state index contributed by atoms with van der Waals surface area (Å²) in [5, 5.41) is 5.16. The largest absolute Gasteiger partial charge is 0.469 e. The molecule has 1 saturated heterocycles. The van der Waals surface area contributed by atoms with Gasteiger partial charge in [0.2, 0.25) is 11.8 Å². The van der Waals surface area contributed by atoms with Crippen molar-refractivity contribution in [2.75, 3.05) is 20.1 Å². The summed E-state index contributed by atoms with van der Waals surface area (Å²) >= 11 is 0. The van der Waals surface area contributed by atoms with Gasteiger partial charge in [0, 0.05) is 19.2 Å². The number of hydrogen-bond acceptors (Lipinski definition) is 4. The molecule has 1 atom stereocenters. The molecule has 0 radical (unpaired) electrons. The van der Waals surface area contributed by atoms with Gasteiger partial charge in [0.25, 0.3) is 5.91 Å². The Morgan fingerprint density at radius 1 is 1.36 bits per heavy atom. The van der Waals surface area contributed by atoms with Crippen molar-refractivity contribution in [3.63, 3.8) is 0 Å². The Hall–Kier alpha value is -2.31. The van der Waals surface area contributed by atoms with E-state index in [-0.39, 0.29) is 24.3 Å². The van der Waals surface area contributed by atoms with Crippen molar-refractivity contribution < 1.29 is 18.8 Å². The van der Waals surface area contributed by atoms with Crippen LogP contribution in [0.5, 0.6) is 0 Å². The van der Waals surface area contributed by atoms with E-state index in [1.165, 1.54) is 11.2 Å². The highest BCUT2D eigenvalue weighted by Gasteiger charge is 2.33. The van der Waals surface area contributed by atoms with Gasteiger partial charge in [-0.3, -0.25) is 14.4 Å². The monoisotopic (exact) mass is 307 g/mol. The summed E-state index contributed by atoms with van der Waals surface area (Å²) in [6.45, 7) is 3.88. The molecule has 7 heteroatoms. The van der Waals surface area contributed by atoms with E-state index in [1.807, 2.05) is 0 Å². The molecule has 7 nitrogen and oxygen atoms in total. The highest BCUT2D eigenvalue weighted by molar-refractivity contribution is 5.99. The SMILES string of the molecule is CNC(=O)C1CCCN1C(=O)CNC(=O)c1c(C)coc1C. The molecule has 1 aliphatic heterocycles. The Labute approximate surface area is 129 Å². The summed E-state index contributed by atoms with van der Waals surface area (Å²) in [6.07, 6.45) is 2.95. The molecule has 2 heterocycles. The van der Waals surface area contributed by atoms with Crippen LogP contribution < -0.4 is 10.6 Å². The smallest absolute Gasteiger partial charge is 0.255 e. The van der Waals surface area contributed by atoms with E-state index in [0.29, 0.717) is 24.3 Å². The molecule has 1 aliphatic rings. The molecule has 22 heavy (non-hydrogen) atoms. The van der Waals surface area contributed by atoms with Gasteiger partial charge in [-0.25, -0.2) is 0 Å². The van der Waals surface area contributed by atoms with Crippen LogP contribution in [0.2, 0.25) is 0 Å². The van der Waals surface area contributed by atoms with Gasteiger partial charge in [0.15, 0.2) is 0 Å². The lowest BCUT2D eigenvalue weighted by Crippen LogP contribution is -2.48. The number of nitrogens with one attached hydrogen (secondary N) is 2. The Balaban J connectivity index is 1.95. The Bertz CT molecular complexity index is 574. The van der Waals surface area contributed by atoms with Crippen LogP contribution in [0, 0.1) is 13.8 Å². The number of carbonyl (C=O) groups excluding carboxylic acids is 3. The summed E-state index contributed by atoms with van der Waals surface area (Å²) in [6, 6.07) is -0.438. The van der Waals surface area contributed by atoms with Crippen LogP contribution in [0.15, 0.2) is 10.7 Å². The van der Waals surface area contributed by atoms with Crippen LogP contribution in [0.25, 0.3) is 0 Å². The van der Waals surface area contributed by atoms with Crippen LogP contribution in [0.4, 0.5) is 0 Å². The van der Waals surface area contributed by atoms with Crippen molar-refractivity contribution in [3.05, 3.63) is 23.2 Å². The minimum Gasteiger partial charge on any atom is -0.469 e. The first-order valence-corrected chi connectivity index (χ1v) is 7.29. The third-order valence-corrected chi connectivity index (χ3v) is 3.91. The Morgan fingerprint density at radius 3 is 2.68 bits per heavy atom. The minimum absolute atomic E-state index is 0.129. The number of likely N-dealkylation sites (N-methyl/N-ethyl adjacent to an activating group) is 1. The highest BCUT2D eigenvalue weighted by atomic mass is 16.3. The van der Waals surface area contributed by atoms with E-state index in [4.69, 9.17) is 4.42 Å². The zero-order valence-electron chi connectivity index (χ0n) is 13.1. The first-order valence-electron chi connectivity index (χ1n) is 7.29. The van der Waals surface area contributed by atoms with Crippen LogP contribution in [-0.4, -0.2) is 48.8 Å². The van der Waals surface area contributed by atoms with E-state index >= 15 is 0 Å². The molecule has 1 fully saturated rings. The Kier molecular flexibility index (Phi) is 4.85. The van der Waals surface area contributed by atoms with Crippen molar-refractivity contribution in [2.45, 2.75) is 32.7 Å². The van der Waals surface area contributed by atoms with E-state index in [2.05, 4.69) is 10.6 Å². The normalized spacial score (nSPS) is 17.4. The zero-order valence-corrected chi connectivity index (χ0v) is 13.1. The van der Waals surface area contributed by atoms with Gasteiger partial charge in [-0.05, 0) is 26.7 Å². The fourth-order valence-corrected chi connectivity index (χ4v) is 2.76. The van der Waals surface area contributed by atoms with Crippen molar-refractivity contribution in [1.29, 1.82) is 0 Å². The summed E-state index contributed by atoms with van der Waals surface area (Å²) in [4.78, 5) is 37.6. The number of aryl methyl sites for hydroxylation is 2. The summed E-state index contributed by atoms with van der Waals surface area (Å²) in [5.41, 5.74) is 1.18. The van der Waals surface area contributed by atoms with E-state index in [9.17, 15) is 14.4 Å². The van der Waals surface area contributed by atoms with E-state index in [0.717, 1.165) is 12.0 Å². The van der Waals surface area contributed by atoms with Crippen molar-refractivity contribution in [1.82, 2.24) is 15.5 Å². The first kappa shape index (κ1) is 16.1. The van der Waals surface area contributed by atoms with Crippen molar-refractivity contribution in [2.24, 2.45) is 0 Å². The topological polar surface area (TPSA) is 91.7 Å².